The molecule has 2 aliphatic rings. The van der Waals surface area contributed by atoms with E-state index in [9.17, 15) is 4.79 Å². The average Bonchev–Trinajstić information content (AvgIpc) is 3.37. The van der Waals surface area contributed by atoms with Gasteiger partial charge in [-0.2, -0.15) is 0 Å². The Labute approximate surface area is 263 Å². The maximum atomic E-state index is 12.1. The lowest BCUT2D eigenvalue weighted by Crippen LogP contribution is -2.59. The standard InChI is InChI=1S/C37H37ClO6/c1-2-40-32-16-13-27(14-17-32)21-30-22-31(15-18-33(30)38)37-23-34(41-24-28-9-5-3-6-10-28)35(36(44-37,19-20-39)26-43-37)42-25-29-11-7-4-8-12-29/h3-18,20,22,34-35H,2,19,21,23-26H2,1H3/t34?,35-,36-,37+/m0/s1. The second kappa shape index (κ2) is 13.6. The van der Waals surface area contributed by atoms with Crippen LogP contribution in [0.4, 0.5) is 0 Å². The van der Waals surface area contributed by atoms with Crippen LogP contribution < -0.4 is 4.74 Å². The molecule has 0 radical (unpaired) electrons. The predicted octanol–water partition coefficient (Wildman–Crippen LogP) is 7.43. The van der Waals surface area contributed by atoms with Gasteiger partial charge in [0.2, 0.25) is 0 Å². The van der Waals surface area contributed by atoms with Gasteiger partial charge >= 0.3 is 0 Å². The fourth-order valence-electron chi connectivity index (χ4n) is 6.18. The van der Waals surface area contributed by atoms with E-state index in [1.807, 2.05) is 104 Å². The summed E-state index contributed by atoms with van der Waals surface area (Å²) in [4.78, 5) is 12.1. The van der Waals surface area contributed by atoms with Crippen molar-refractivity contribution in [1.29, 1.82) is 0 Å². The van der Waals surface area contributed by atoms with Crippen LogP contribution in [0.15, 0.2) is 103 Å². The maximum absolute atomic E-state index is 12.1. The van der Waals surface area contributed by atoms with Gasteiger partial charge in [-0.1, -0.05) is 90.5 Å². The Morgan fingerprint density at radius 1 is 0.864 bits per heavy atom. The minimum atomic E-state index is -1.12. The van der Waals surface area contributed by atoms with Crippen LogP contribution in [-0.2, 0) is 49.2 Å². The molecule has 44 heavy (non-hydrogen) atoms. The molecule has 4 atom stereocenters. The molecule has 2 fully saturated rings. The van der Waals surface area contributed by atoms with Gasteiger partial charge in [0, 0.05) is 23.4 Å². The van der Waals surface area contributed by atoms with E-state index in [1.54, 1.807) is 0 Å². The third kappa shape index (κ3) is 6.60. The Morgan fingerprint density at radius 2 is 1.55 bits per heavy atom. The van der Waals surface area contributed by atoms with Crippen LogP contribution in [0, 0.1) is 0 Å². The molecule has 0 saturated carbocycles. The van der Waals surface area contributed by atoms with Gasteiger partial charge in [-0.15, -0.1) is 0 Å². The van der Waals surface area contributed by atoms with Crippen LogP contribution in [-0.4, -0.2) is 37.3 Å². The predicted molar refractivity (Wildman–Crippen MR) is 169 cm³/mol. The molecule has 2 aliphatic heterocycles. The largest absolute Gasteiger partial charge is 0.494 e. The smallest absolute Gasteiger partial charge is 0.198 e. The molecule has 0 aliphatic carbocycles. The zero-order valence-electron chi connectivity index (χ0n) is 24.8. The number of hydrogen-bond donors (Lipinski definition) is 0. The van der Waals surface area contributed by atoms with E-state index in [2.05, 4.69) is 6.07 Å². The highest BCUT2D eigenvalue weighted by Gasteiger charge is 2.63. The maximum Gasteiger partial charge on any atom is 0.198 e. The average molecular weight is 613 g/mol. The molecule has 6 nitrogen and oxygen atoms in total. The summed E-state index contributed by atoms with van der Waals surface area (Å²) in [5, 5.41) is 0.660. The number of benzene rings is 4. The third-order valence-electron chi connectivity index (χ3n) is 8.37. The van der Waals surface area contributed by atoms with E-state index < -0.39 is 23.6 Å². The molecule has 6 rings (SSSR count). The molecule has 4 aromatic rings. The van der Waals surface area contributed by atoms with Crippen molar-refractivity contribution in [3.8, 4) is 5.75 Å². The van der Waals surface area contributed by atoms with Crippen molar-refractivity contribution in [3.63, 3.8) is 0 Å². The van der Waals surface area contributed by atoms with E-state index in [0.29, 0.717) is 37.7 Å². The Kier molecular flexibility index (Phi) is 9.45. The number of rotatable bonds is 13. The van der Waals surface area contributed by atoms with Crippen molar-refractivity contribution in [2.45, 2.75) is 63.0 Å². The second-order valence-electron chi connectivity index (χ2n) is 11.4. The molecule has 2 bridgehead atoms. The highest BCUT2D eigenvalue weighted by molar-refractivity contribution is 6.31. The van der Waals surface area contributed by atoms with E-state index in [4.69, 9.17) is 35.3 Å². The molecule has 2 saturated heterocycles. The molecule has 0 N–H and O–H groups in total. The van der Waals surface area contributed by atoms with Gasteiger partial charge in [0.1, 0.15) is 23.7 Å². The fourth-order valence-corrected chi connectivity index (χ4v) is 6.36. The SMILES string of the molecule is CCOc1ccc(Cc2cc([C@]34CC(OCc5ccccc5)[C@H](OCc5ccccc5)[C@](CC=O)(CO3)O4)ccc2Cl)cc1. The van der Waals surface area contributed by atoms with Gasteiger partial charge in [0.25, 0.3) is 0 Å². The number of ether oxygens (including phenoxy) is 5. The first kappa shape index (κ1) is 30.5. The van der Waals surface area contributed by atoms with Crippen LogP contribution in [0.2, 0.25) is 5.02 Å². The van der Waals surface area contributed by atoms with Gasteiger partial charge in [-0.05, 0) is 59.9 Å². The lowest BCUT2D eigenvalue weighted by Gasteiger charge is -2.46. The van der Waals surface area contributed by atoms with Crippen molar-refractivity contribution in [2.24, 2.45) is 0 Å². The number of carbonyl (C=O) groups excluding carboxylic acids is 1. The van der Waals surface area contributed by atoms with E-state index >= 15 is 0 Å². The first-order valence-electron chi connectivity index (χ1n) is 15.1. The lowest BCUT2D eigenvalue weighted by molar-refractivity contribution is -0.292. The van der Waals surface area contributed by atoms with Crippen molar-refractivity contribution in [1.82, 2.24) is 0 Å². The fraction of sp³-hybridized carbons (Fsp3) is 0.324. The van der Waals surface area contributed by atoms with E-state index in [0.717, 1.165) is 39.9 Å². The molecular weight excluding hydrogens is 576 g/mol. The van der Waals surface area contributed by atoms with E-state index in [-0.39, 0.29) is 13.0 Å². The molecule has 0 spiro atoms. The monoisotopic (exact) mass is 612 g/mol. The number of aldehydes is 1. The molecule has 0 amide bonds. The molecule has 228 valence electrons. The van der Waals surface area contributed by atoms with Crippen LogP contribution >= 0.6 is 11.6 Å². The summed E-state index contributed by atoms with van der Waals surface area (Å²) in [6.45, 7) is 3.55. The van der Waals surface area contributed by atoms with Gasteiger partial charge in [0.15, 0.2) is 5.79 Å². The number of hydrogen-bond acceptors (Lipinski definition) is 6. The van der Waals surface area contributed by atoms with Gasteiger partial charge in [-0.25, -0.2) is 0 Å². The molecule has 7 heteroatoms. The summed E-state index contributed by atoms with van der Waals surface area (Å²) >= 11 is 6.71. The van der Waals surface area contributed by atoms with Crippen molar-refractivity contribution >= 4 is 17.9 Å². The Balaban J connectivity index is 1.30. The second-order valence-corrected chi connectivity index (χ2v) is 11.8. The topological polar surface area (TPSA) is 63.2 Å². The normalized spacial score (nSPS) is 24.2. The zero-order chi connectivity index (χ0) is 30.4. The van der Waals surface area contributed by atoms with Crippen molar-refractivity contribution < 1.29 is 28.5 Å². The molecule has 1 unspecified atom stereocenters. The van der Waals surface area contributed by atoms with E-state index in [1.165, 1.54) is 0 Å². The number of halogens is 1. The quantitative estimate of drug-likeness (QED) is 0.146. The highest BCUT2D eigenvalue weighted by Crippen LogP contribution is 2.52. The lowest BCUT2D eigenvalue weighted by atomic mass is 9.83. The Morgan fingerprint density at radius 3 is 2.20 bits per heavy atom. The summed E-state index contributed by atoms with van der Waals surface area (Å²) in [5.41, 5.74) is 3.97. The summed E-state index contributed by atoms with van der Waals surface area (Å²) in [5.74, 6) is -0.281. The van der Waals surface area contributed by atoms with Crippen LogP contribution in [0.3, 0.4) is 0 Å². The Hall–Kier alpha value is -3.52. The van der Waals surface area contributed by atoms with Gasteiger partial charge < -0.3 is 28.5 Å². The number of carbonyl (C=O) groups is 1. The zero-order valence-corrected chi connectivity index (χ0v) is 25.6. The number of fused-ring (bicyclic) bond motifs is 2. The first-order chi connectivity index (χ1) is 21.5. The summed E-state index contributed by atoms with van der Waals surface area (Å²) < 4.78 is 32.2. The van der Waals surface area contributed by atoms with Gasteiger partial charge in [0.05, 0.1) is 32.5 Å². The third-order valence-corrected chi connectivity index (χ3v) is 8.74. The molecule has 0 aromatic heterocycles. The first-order valence-corrected chi connectivity index (χ1v) is 15.5. The summed E-state index contributed by atoms with van der Waals surface area (Å²) in [7, 11) is 0. The van der Waals surface area contributed by atoms with Crippen molar-refractivity contribution in [3.05, 3.63) is 136 Å². The summed E-state index contributed by atoms with van der Waals surface area (Å²) in [6, 6.07) is 33.9. The van der Waals surface area contributed by atoms with Crippen molar-refractivity contribution in [2.75, 3.05) is 13.2 Å². The minimum Gasteiger partial charge on any atom is -0.494 e. The molecular formula is C37H37ClO6. The van der Waals surface area contributed by atoms with Gasteiger partial charge in [-0.3, -0.25) is 0 Å². The Bertz CT molecular complexity index is 1530. The molecule has 2 heterocycles. The summed E-state index contributed by atoms with van der Waals surface area (Å²) in [6.07, 6.45) is 1.10. The molecule has 4 aromatic carbocycles. The van der Waals surface area contributed by atoms with Crippen LogP contribution in [0.5, 0.6) is 5.75 Å². The minimum absolute atomic E-state index is 0.117. The van der Waals surface area contributed by atoms with Crippen LogP contribution in [0.1, 0.15) is 47.6 Å². The van der Waals surface area contributed by atoms with Crippen LogP contribution in [0.25, 0.3) is 0 Å². The highest BCUT2D eigenvalue weighted by atomic mass is 35.5.